The summed E-state index contributed by atoms with van der Waals surface area (Å²) in [6.45, 7) is 3.25. The zero-order valence-corrected chi connectivity index (χ0v) is 12.5. The van der Waals surface area contributed by atoms with Gasteiger partial charge in [0, 0.05) is 18.1 Å². The minimum Gasteiger partial charge on any atom is -0.365 e. The molecule has 0 spiro atoms. The van der Waals surface area contributed by atoms with E-state index in [-0.39, 0.29) is 5.91 Å². The lowest BCUT2D eigenvalue weighted by Crippen LogP contribution is -2.25. The maximum absolute atomic E-state index is 11.7. The molecule has 6 heteroatoms. The molecule has 2 rings (SSSR count). The molecule has 1 amide bonds. The van der Waals surface area contributed by atoms with Crippen molar-refractivity contribution in [2.75, 3.05) is 11.9 Å². The van der Waals surface area contributed by atoms with Crippen molar-refractivity contribution >= 4 is 23.3 Å². The van der Waals surface area contributed by atoms with Crippen LogP contribution in [0.2, 0.25) is 5.02 Å². The van der Waals surface area contributed by atoms with Gasteiger partial charge in [0.2, 0.25) is 0 Å². The van der Waals surface area contributed by atoms with Crippen molar-refractivity contribution in [3.05, 3.63) is 52.7 Å². The Hall–Kier alpha value is -2.14. The second-order valence-corrected chi connectivity index (χ2v) is 4.98. The van der Waals surface area contributed by atoms with Crippen LogP contribution in [0.15, 0.2) is 36.4 Å². The van der Waals surface area contributed by atoms with Gasteiger partial charge in [-0.25, -0.2) is 0 Å². The van der Waals surface area contributed by atoms with E-state index in [2.05, 4.69) is 20.8 Å². The molecule has 0 saturated carbocycles. The van der Waals surface area contributed by atoms with Gasteiger partial charge in [0.15, 0.2) is 5.69 Å². The van der Waals surface area contributed by atoms with Crippen LogP contribution in [-0.2, 0) is 6.54 Å². The van der Waals surface area contributed by atoms with Gasteiger partial charge in [-0.1, -0.05) is 30.7 Å². The Bertz CT molecular complexity index is 584. The number of nitrogens with zero attached hydrogens (tertiary/aromatic N) is 2. The predicted molar refractivity (Wildman–Crippen MR) is 83.4 cm³/mol. The Morgan fingerprint density at radius 2 is 1.90 bits per heavy atom. The number of hydrogen-bond donors (Lipinski definition) is 2. The molecule has 5 nitrogen and oxygen atoms in total. The van der Waals surface area contributed by atoms with Crippen LogP contribution in [0.1, 0.15) is 29.4 Å². The van der Waals surface area contributed by atoms with Gasteiger partial charge in [-0.3, -0.25) is 4.79 Å². The first kappa shape index (κ1) is 15.3. The average molecular weight is 305 g/mol. The van der Waals surface area contributed by atoms with Crippen LogP contribution >= 0.6 is 11.6 Å². The van der Waals surface area contributed by atoms with Gasteiger partial charge in [0.25, 0.3) is 5.91 Å². The van der Waals surface area contributed by atoms with Crippen LogP contribution in [0.3, 0.4) is 0 Å². The second kappa shape index (κ2) is 7.59. The van der Waals surface area contributed by atoms with Crippen molar-refractivity contribution in [3.63, 3.8) is 0 Å². The molecule has 0 fully saturated rings. The number of nitrogens with one attached hydrogen (secondary N) is 2. The molecule has 110 valence electrons. The van der Waals surface area contributed by atoms with Crippen LogP contribution in [0.5, 0.6) is 0 Å². The highest BCUT2D eigenvalue weighted by Crippen LogP contribution is 2.11. The Kier molecular flexibility index (Phi) is 5.51. The number of halogens is 1. The smallest absolute Gasteiger partial charge is 0.271 e. The summed E-state index contributed by atoms with van der Waals surface area (Å²) in [5.41, 5.74) is 1.41. The van der Waals surface area contributed by atoms with E-state index in [1.54, 1.807) is 12.1 Å². The molecular weight excluding hydrogens is 288 g/mol. The summed E-state index contributed by atoms with van der Waals surface area (Å²) >= 11 is 5.83. The van der Waals surface area contributed by atoms with E-state index in [1.807, 2.05) is 31.2 Å². The highest BCUT2D eigenvalue weighted by Gasteiger charge is 2.06. The van der Waals surface area contributed by atoms with Crippen molar-refractivity contribution in [2.45, 2.75) is 19.9 Å². The van der Waals surface area contributed by atoms with Crippen molar-refractivity contribution in [1.29, 1.82) is 0 Å². The van der Waals surface area contributed by atoms with Crippen molar-refractivity contribution < 1.29 is 4.79 Å². The fraction of sp³-hybridized carbons (Fsp3) is 0.267. The standard InChI is InChI=1S/C15H17ClN4O/c1-2-9-17-15(21)13-7-8-14(20-19-13)18-10-11-3-5-12(16)6-4-11/h3-8H,2,9-10H2,1H3,(H,17,21)(H,18,20). The first-order valence-corrected chi connectivity index (χ1v) is 7.17. The topological polar surface area (TPSA) is 66.9 Å². The molecule has 1 aromatic carbocycles. The number of aromatic nitrogens is 2. The van der Waals surface area contributed by atoms with E-state index >= 15 is 0 Å². The number of rotatable bonds is 6. The lowest BCUT2D eigenvalue weighted by atomic mass is 10.2. The Morgan fingerprint density at radius 1 is 1.14 bits per heavy atom. The first-order valence-electron chi connectivity index (χ1n) is 6.79. The van der Waals surface area contributed by atoms with E-state index in [1.165, 1.54) is 0 Å². The molecular formula is C15H17ClN4O. The van der Waals surface area contributed by atoms with Crippen LogP contribution in [-0.4, -0.2) is 22.6 Å². The van der Waals surface area contributed by atoms with Crippen LogP contribution in [0.4, 0.5) is 5.82 Å². The molecule has 21 heavy (non-hydrogen) atoms. The molecule has 1 heterocycles. The lowest BCUT2D eigenvalue weighted by molar-refractivity contribution is 0.0947. The monoisotopic (exact) mass is 304 g/mol. The molecule has 0 aliphatic heterocycles. The summed E-state index contributed by atoms with van der Waals surface area (Å²) < 4.78 is 0. The highest BCUT2D eigenvalue weighted by atomic mass is 35.5. The Morgan fingerprint density at radius 3 is 2.52 bits per heavy atom. The summed E-state index contributed by atoms with van der Waals surface area (Å²) in [6.07, 6.45) is 0.889. The molecule has 0 aliphatic carbocycles. The van der Waals surface area contributed by atoms with Gasteiger partial charge in [0.05, 0.1) is 0 Å². The van der Waals surface area contributed by atoms with Gasteiger partial charge in [-0.15, -0.1) is 10.2 Å². The number of anilines is 1. The van der Waals surface area contributed by atoms with Crippen LogP contribution in [0, 0.1) is 0 Å². The van der Waals surface area contributed by atoms with E-state index in [0.29, 0.717) is 29.6 Å². The quantitative estimate of drug-likeness (QED) is 0.861. The number of hydrogen-bond acceptors (Lipinski definition) is 4. The second-order valence-electron chi connectivity index (χ2n) is 4.54. The van der Waals surface area contributed by atoms with E-state index in [4.69, 9.17) is 11.6 Å². The molecule has 0 saturated heterocycles. The minimum atomic E-state index is -0.200. The average Bonchev–Trinajstić information content (AvgIpc) is 2.52. The first-order chi connectivity index (χ1) is 10.2. The SMILES string of the molecule is CCCNC(=O)c1ccc(NCc2ccc(Cl)cc2)nn1. The van der Waals surface area contributed by atoms with Gasteiger partial charge >= 0.3 is 0 Å². The Balaban J connectivity index is 1.90. The van der Waals surface area contributed by atoms with Gasteiger partial charge in [-0.2, -0.15) is 0 Å². The van der Waals surface area contributed by atoms with E-state index < -0.39 is 0 Å². The molecule has 0 aliphatic rings. The number of carbonyl (C=O) groups excluding carboxylic acids is 1. The third kappa shape index (κ3) is 4.72. The third-order valence-electron chi connectivity index (χ3n) is 2.82. The molecule has 0 atom stereocenters. The number of benzene rings is 1. The number of carbonyl (C=O) groups is 1. The fourth-order valence-corrected chi connectivity index (χ4v) is 1.80. The van der Waals surface area contributed by atoms with Crippen LogP contribution < -0.4 is 10.6 Å². The molecule has 0 bridgehead atoms. The van der Waals surface area contributed by atoms with Crippen molar-refractivity contribution in [1.82, 2.24) is 15.5 Å². The van der Waals surface area contributed by atoms with E-state index in [9.17, 15) is 4.79 Å². The molecule has 0 unspecified atom stereocenters. The van der Waals surface area contributed by atoms with Crippen LogP contribution in [0.25, 0.3) is 0 Å². The molecule has 2 N–H and O–H groups in total. The predicted octanol–water partition coefficient (Wildman–Crippen LogP) is 2.88. The third-order valence-corrected chi connectivity index (χ3v) is 3.07. The van der Waals surface area contributed by atoms with Gasteiger partial charge in [0.1, 0.15) is 5.82 Å². The largest absolute Gasteiger partial charge is 0.365 e. The normalized spacial score (nSPS) is 10.2. The lowest BCUT2D eigenvalue weighted by Gasteiger charge is -2.06. The van der Waals surface area contributed by atoms with Gasteiger partial charge < -0.3 is 10.6 Å². The molecule has 2 aromatic rings. The zero-order chi connectivity index (χ0) is 15.1. The highest BCUT2D eigenvalue weighted by molar-refractivity contribution is 6.30. The summed E-state index contributed by atoms with van der Waals surface area (Å²) in [5.74, 6) is 0.422. The van der Waals surface area contributed by atoms with Crippen molar-refractivity contribution in [3.8, 4) is 0 Å². The summed E-state index contributed by atoms with van der Waals surface area (Å²) in [5, 5.41) is 14.5. The van der Waals surface area contributed by atoms with E-state index in [0.717, 1.165) is 12.0 Å². The summed E-state index contributed by atoms with van der Waals surface area (Å²) in [4.78, 5) is 11.7. The molecule has 0 radical (unpaired) electrons. The van der Waals surface area contributed by atoms with Crippen molar-refractivity contribution in [2.24, 2.45) is 0 Å². The maximum atomic E-state index is 11.7. The molecule has 1 aromatic heterocycles. The van der Waals surface area contributed by atoms with Gasteiger partial charge in [-0.05, 0) is 36.2 Å². The minimum absolute atomic E-state index is 0.200. The maximum Gasteiger partial charge on any atom is 0.271 e. The fourth-order valence-electron chi connectivity index (χ4n) is 1.67. The zero-order valence-electron chi connectivity index (χ0n) is 11.8. The Labute approximate surface area is 128 Å². The summed E-state index contributed by atoms with van der Waals surface area (Å²) in [6, 6.07) is 11.0. The summed E-state index contributed by atoms with van der Waals surface area (Å²) in [7, 11) is 0. The number of amides is 1.